The molecule has 1 aromatic carbocycles. The third-order valence-corrected chi connectivity index (χ3v) is 4.51. The maximum atomic E-state index is 12.5. The Labute approximate surface area is 128 Å². The van der Waals surface area contributed by atoms with Crippen LogP contribution in [0.5, 0.6) is 0 Å². The largest absolute Gasteiger partial charge is 0.341 e. The lowest BCUT2D eigenvalue weighted by atomic mass is 9.98. The molecule has 3 nitrogen and oxygen atoms in total. The van der Waals surface area contributed by atoms with Gasteiger partial charge in [0.25, 0.3) is 0 Å². The zero-order valence-corrected chi connectivity index (χ0v) is 13.3. The summed E-state index contributed by atoms with van der Waals surface area (Å²) < 4.78 is 0. The quantitative estimate of drug-likeness (QED) is 0.872. The molecule has 1 unspecified atom stereocenters. The SMILES string of the molecule is CCC(CC)C(=O)N1CCCC(NCc2ccccc2)C1. The Morgan fingerprint density at radius 3 is 2.67 bits per heavy atom. The number of rotatable bonds is 6. The average Bonchev–Trinajstić information content (AvgIpc) is 2.55. The topological polar surface area (TPSA) is 32.3 Å². The number of likely N-dealkylation sites (tertiary alicyclic amines) is 1. The molecule has 0 aromatic heterocycles. The van der Waals surface area contributed by atoms with E-state index in [9.17, 15) is 4.79 Å². The maximum Gasteiger partial charge on any atom is 0.225 e. The molecule has 1 N–H and O–H groups in total. The minimum absolute atomic E-state index is 0.206. The summed E-state index contributed by atoms with van der Waals surface area (Å²) >= 11 is 0. The molecule has 1 fully saturated rings. The molecule has 3 heteroatoms. The Balaban J connectivity index is 1.84. The van der Waals surface area contributed by atoms with Crippen molar-refractivity contribution in [3.8, 4) is 0 Å². The van der Waals surface area contributed by atoms with Gasteiger partial charge in [0.1, 0.15) is 0 Å². The van der Waals surface area contributed by atoms with E-state index in [0.29, 0.717) is 11.9 Å². The van der Waals surface area contributed by atoms with Gasteiger partial charge >= 0.3 is 0 Å². The van der Waals surface area contributed by atoms with Gasteiger partial charge < -0.3 is 10.2 Å². The van der Waals surface area contributed by atoms with Gasteiger partial charge in [-0.25, -0.2) is 0 Å². The number of piperidine rings is 1. The molecule has 0 bridgehead atoms. The molecule has 1 amide bonds. The third-order valence-electron chi connectivity index (χ3n) is 4.51. The molecule has 1 aliphatic heterocycles. The van der Waals surface area contributed by atoms with Crippen molar-refractivity contribution in [2.24, 2.45) is 5.92 Å². The van der Waals surface area contributed by atoms with Crippen LogP contribution in [-0.2, 0) is 11.3 Å². The van der Waals surface area contributed by atoms with Crippen LogP contribution in [0.3, 0.4) is 0 Å². The summed E-state index contributed by atoms with van der Waals surface area (Å²) in [6, 6.07) is 10.9. The predicted molar refractivity (Wildman–Crippen MR) is 87.0 cm³/mol. The first kappa shape index (κ1) is 16.0. The van der Waals surface area contributed by atoms with Crippen molar-refractivity contribution in [2.45, 2.75) is 52.1 Å². The van der Waals surface area contributed by atoms with E-state index in [-0.39, 0.29) is 5.92 Å². The van der Waals surface area contributed by atoms with Crippen molar-refractivity contribution >= 4 is 5.91 Å². The summed E-state index contributed by atoms with van der Waals surface area (Å²) in [5.41, 5.74) is 1.31. The fraction of sp³-hybridized carbons (Fsp3) is 0.611. The normalized spacial score (nSPS) is 19.0. The Kier molecular flexibility index (Phi) is 6.24. The zero-order chi connectivity index (χ0) is 15.1. The monoisotopic (exact) mass is 288 g/mol. The molecule has 116 valence electrons. The Morgan fingerprint density at radius 2 is 2.00 bits per heavy atom. The van der Waals surface area contributed by atoms with E-state index < -0.39 is 0 Å². The van der Waals surface area contributed by atoms with Crippen molar-refractivity contribution in [1.82, 2.24) is 10.2 Å². The number of nitrogens with zero attached hydrogens (tertiary/aromatic N) is 1. The lowest BCUT2D eigenvalue weighted by molar-refractivity contribution is -0.137. The van der Waals surface area contributed by atoms with Crippen molar-refractivity contribution in [3.05, 3.63) is 35.9 Å². The molecule has 2 rings (SSSR count). The first-order valence-corrected chi connectivity index (χ1v) is 8.30. The minimum atomic E-state index is 0.206. The van der Waals surface area contributed by atoms with Crippen LogP contribution in [-0.4, -0.2) is 29.9 Å². The zero-order valence-electron chi connectivity index (χ0n) is 13.3. The lowest BCUT2D eigenvalue weighted by Gasteiger charge is -2.35. The Bertz CT molecular complexity index is 428. The molecule has 1 saturated heterocycles. The van der Waals surface area contributed by atoms with E-state index in [1.54, 1.807) is 0 Å². The smallest absolute Gasteiger partial charge is 0.225 e. The maximum absolute atomic E-state index is 12.5. The summed E-state index contributed by atoms with van der Waals surface area (Å²) in [6.45, 7) is 6.90. The number of carbonyl (C=O) groups is 1. The van der Waals surface area contributed by atoms with Gasteiger partial charge in [-0.1, -0.05) is 44.2 Å². The number of hydrogen-bond donors (Lipinski definition) is 1. The van der Waals surface area contributed by atoms with Crippen molar-refractivity contribution in [3.63, 3.8) is 0 Å². The molecular weight excluding hydrogens is 260 g/mol. The third kappa shape index (κ3) is 4.57. The van der Waals surface area contributed by atoms with Crippen LogP contribution < -0.4 is 5.32 Å². The molecule has 1 aliphatic rings. The first-order chi connectivity index (χ1) is 10.2. The second-order valence-electron chi connectivity index (χ2n) is 6.00. The van der Waals surface area contributed by atoms with Gasteiger partial charge in [-0.15, -0.1) is 0 Å². The van der Waals surface area contributed by atoms with E-state index in [2.05, 4.69) is 48.3 Å². The highest BCUT2D eigenvalue weighted by atomic mass is 16.2. The summed E-state index contributed by atoms with van der Waals surface area (Å²) in [4.78, 5) is 14.6. The highest BCUT2D eigenvalue weighted by Gasteiger charge is 2.26. The summed E-state index contributed by atoms with van der Waals surface area (Å²) in [5.74, 6) is 0.559. The first-order valence-electron chi connectivity index (χ1n) is 8.30. The van der Waals surface area contributed by atoms with E-state index in [0.717, 1.165) is 38.9 Å². The second kappa shape index (κ2) is 8.18. The van der Waals surface area contributed by atoms with E-state index in [1.165, 1.54) is 12.0 Å². The lowest BCUT2D eigenvalue weighted by Crippen LogP contribution is -2.49. The number of amides is 1. The molecule has 21 heavy (non-hydrogen) atoms. The molecule has 1 heterocycles. The van der Waals surface area contributed by atoms with E-state index in [4.69, 9.17) is 0 Å². The summed E-state index contributed by atoms with van der Waals surface area (Å²) in [7, 11) is 0. The number of hydrogen-bond acceptors (Lipinski definition) is 2. The molecule has 1 atom stereocenters. The fourth-order valence-electron chi connectivity index (χ4n) is 3.10. The van der Waals surface area contributed by atoms with E-state index >= 15 is 0 Å². The van der Waals surface area contributed by atoms with Crippen molar-refractivity contribution in [2.75, 3.05) is 13.1 Å². The van der Waals surface area contributed by atoms with Crippen LogP contribution in [0, 0.1) is 5.92 Å². The number of carbonyl (C=O) groups excluding carboxylic acids is 1. The Morgan fingerprint density at radius 1 is 1.29 bits per heavy atom. The number of benzene rings is 1. The van der Waals surface area contributed by atoms with Gasteiger partial charge in [0, 0.05) is 31.6 Å². The molecule has 1 aromatic rings. The van der Waals surface area contributed by atoms with Gasteiger partial charge in [-0.05, 0) is 31.2 Å². The van der Waals surface area contributed by atoms with Crippen LogP contribution in [0.4, 0.5) is 0 Å². The molecular formula is C18H28N2O. The molecule has 0 spiro atoms. The van der Waals surface area contributed by atoms with Gasteiger partial charge in [0.2, 0.25) is 5.91 Å². The highest BCUT2D eigenvalue weighted by molar-refractivity contribution is 5.78. The standard InChI is InChI=1S/C18H28N2O/c1-3-16(4-2)18(21)20-12-8-11-17(14-20)19-13-15-9-6-5-7-10-15/h5-7,9-10,16-17,19H,3-4,8,11-14H2,1-2H3. The van der Waals surface area contributed by atoms with Crippen LogP contribution >= 0.6 is 0 Å². The average molecular weight is 288 g/mol. The van der Waals surface area contributed by atoms with Gasteiger partial charge in [-0.2, -0.15) is 0 Å². The Hall–Kier alpha value is -1.35. The molecule has 0 aliphatic carbocycles. The predicted octanol–water partition coefficient (Wildman–Crippen LogP) is 3.20. The van der Waals surface area contributed by atoms with Crippen LogP contribution in [0.25, 0.3) is 0 Å². The summed E-state index contributed by atoms with van der Waals surface area (Å²) in [5, 5.41) is 3.60. The van der Waals surface area contributed by atoms with E-state index in [1.807, 2.05) is 6.07 Å². The summed E-state index contributed by atoms with van der Waals surface area (Å²) in [6.07, 6.45) is 4.18. The minimum Gasteiger partial charge on any atom is -0.341 e. The van der Waals surface area contributed by atoms with Crippen molar-refractivity contribution in [1.29, 1.82) is 0 Å². The fourth-order valence-corrected chi connectivity index (χ4v) is 3.10. The van der Waals surface area contributed by atoms with Crippen molar-refractivity contribution < 1.29 is 4.79 Å². The van der Waals surface area contributed by atoms with Crippen LogP contribution in [0.1, 0.15) is 45.1 Å². The van der Waals surface area contributed by atoms with Crippen LogP contribution in [0.15, 0.2) is 30.3 Å². The van der Waals surface area contributed by atoms with Gasteiger partial charge in [-0.3, -0.25) is 4.79 Å². The van der Waals surface area contributed by atoms with Crippen LogP contribution in [0.2, 0.25) is 0 Å². The molecule has 0 saturated carbocycles. The second-order valence-corrected chi connectivity index (χ2v) is 6.00. The van der Waals surface area contributed by atoms with Gasteiger partial charge in [0.15, 0.2) is 0 Å². The van der Waals surface area contributed by atoms with Gasteiger partial charge in [0.05, 0.1) is 0 Å². The highest BCUT2D eigenvalue weighted by Crippen LogP contribution is 2.17. The molecule has 0 radical (unpaired) electrons. The number of nitrogens with one attached hydrogen (secondary N) is 1.